The lowest BCUT2D eigenvalue weighted by molar-refractivity contribution is 0.0252. The SMILES string of the molecule is COc1ccc(C(=O)N2C[C@@H](C)N(C(=O)c3ccc(OC)c(F)c3)[C@H](C)C2)c(F)c1. The maximum atomic E-state index is 14.3. The van der Waals surface area contributed by atoms with Gasteiger partial charge in [0.1, 0.15) is 11.6 Å². The molecular formula is C22H24F2N2O4. The van der Waals surface area contributed by atoms with Crippen LogP contribution in [0.2, 0.25) is 0 Å². The molecule has 0 saturated carbocycles. The number of hydrogen-bond acceptors (Lipinski definition) is 4. The fraction of sp³-hybridized carbons (Fsp3) is 0.364. The van der Waals surface area contributed by atoms with Gasteiger partial charge >= 0.3 is 0 Å². The second-order valence-electron chi connectivity index (χ2n) is 7.32. The van der Waals surface area contributed by atoms with E-state index in [1.54, 1.807) is 18.7 Å². The van der Waals surface area contributed by atoms with E-state index in [-0.39, 0.29) is 48.0 Å². The average Bonchev–Trinajstić information content (AvgIpc) is 2.72. The first-order valence-electron chi connectivity index (χ1n) is 9.55. The molecule has 0 unspecified atom stereocenters. The second kappa shape index (κ2) is 8.69. The van der Waals surface area contributed by atoms with E-state index >= 15 is 0 Å². The van der Waals surface area contributed by atoms with E-state index in [9.17, 15) is 18.4 Å². The molecule has 3 rings (SSSR count). The molecule has 0 spiro atoms. The molecule has 8 heteroatoms. The lowest BCUT2D eigenvalue weighted by Crippen LogP contribution is -2.59. The third-order valence-electron chi connectivity index (χ3n) is 5.25. The van der Waals surface area contributed by atoms with Crippen LogP contribution in [-0.2, 0) is 0 Å². The number of ether oxygens (including phenoxy) is 2. The highest BCUT2D eigenvalue weighted by molar-refractivity contribution is 5.96. The molecule has 2 atom stereocenters. The summed E-state index contributed by atoms with van der Waals surface area (Å²) >= 11 is 0. The van der Waals surface area contributed by atoms with E-state index < -0.39 is 17.5 Å². The van der Waals surface area contributed by atoms with Gasteiger partial charge in [0.2, 0.25) is 0 Å². The van der Waals surface area contributed by atoms with Gasteiger partial charge in [-0.2, -0.15) is 0 Å². The topological polar surface area (TPSA) is 59.1 Å². The number of carbonyl (C=O) groups is 2. The Kier molecular flexibility index (Phi) is 6.24. The Hall–Kier alpha value is -3.16. The molecule has 0 bridgehead atoms. The van der Waals surface area contributed by atoms with Crippen molar-refractivity contribution in [3.05, 3.63) is 59.2 Å². The standard InChI is InChI=1S/C22H24F2N2O4/c1-13-11-25(22(28)17-7-6-16(29-3)10-18(17)23)12-14(2)26(13)21(27)15-5-8-20(30-4)19(24)9-15/h5-10,13-14H,11-12H2,1-4H3/t13-,14-/m1/s1. The van der Waals surface area contributed by atoms with Gasteiger partial charge in [-0.05, 0) is 44.2 Å². The van der Waals surface area contributed by atoms with Crippen molar-refractivity contribution in [3.8, 4) is 11.5 Å². The average molecular weight is 418 g/mol. The Bertz CT molecular complexity index is 954. The summed E-state index contributed by atoms with van der Waals surface area (Å²) in [6.07, 6.45) is 0. The Morgan fingerprint density at radius 2 is 1.57 bits per heavy atom. The van der Waals surface area contributed by atoms with Crippen LogP contribution in [0, 0.1) is 11.6 Å². The van der Waals surface area contributed by atoms with Crippen LogP contribution in [-0.4, -0.2) is 61.0 Å². The second-order valence-corrected chi connectivity index (χ2v) is 7.32. The van der Waals surface area contributed by atoms with Crippen LogP contribution in [0.15, 0.2) is 36.4 Å². The molecule has 2 aromatic rings. The molecule has 0 aromatic heterocycles. The van der Waals surface area contributed by atoms with Gasteiger partial charge < -0.3 is 19.3 Å². The first-order chi connectivity index (χ1) is 14.3. The van der Waals surface area contributed by atoms with Crippen LogP contribution in [0.4, 0.5) is 8.78 Å². The quantitative estimate of drug-likeness (QED) is 0.764. The maximum Gasteiger partial charge on any atom is 0.256 e. The van der Waals surface area contributed by atoms with Gasteiger partial charge in [0.15, 0.2) is 11.6 Å². The van der Waals surface area contributed by atoms with Crippen molar-refractivity contribution in [2.24, 2.45) is 0 Å². The molecule has 160 valence electrons. The van der Waals surface area contributed by atoms with Crippen LogP contribution in [0.25, 0.3) is 0 Å². The van der Waals surface area contributed by atoms with Crippen LogP contribution < -0.4 is 9.47 Å². The predicted octanol–water partition coefficient (Wildman–Crippen LogP) is 3.36. The first-order valence-corrected chi connectivity index (χ1v) is 9.55. The lowest BCUT2D eigenvalue weighted by Gasteiger charge is -2.44. The molecule has 30 heavy (non-hydrogen) atoms. The highest BCUT2D eigenvalue weighted by Gasteiger charge is 2.36. The van der Waals surface area contributed by atoms with Gasteiger partial charge in [-0.1, -0.05) is 0 Å². The van der Waals surface area contributed by atoms with Crippen molar-refractivity contribution in [2.75, 3.05) is 27.3 Å². The zero-order valence-corrected chi connectivity index (χ0v) is 17.3. The van der Waals surface area contributed by atoms with Crippen LogP contribution in [0.1, 0.15) is 34.6 Å². The summed E-state index contributed by atoms with van der Waals surface area (Å²) in [4.78, 5) is 29.0. The number of benzene rings is 2. The number of carbonyl (C=O) groups excluding carboxylic acids is 2. The van der Waals surface area contributed by atoms with Gasteiger partial charge in [0, 0.05) is 36.8 Å². The summed E-state index contributed by atoms with van der Waals surface area (Å²) in [6.45, 7) is 4.08. The van der Waals surface area contributed by atoms with E-state index in [0.717, 1.165) is 12.1 Å². The third-order valence-corrected chi connectivity index (χ3v) is 5.25. The summed E-state index contributed by atoms with van der Waals surface area (Å²) in [5.41, 5.74) is 0.153. The Morgan fingerprint density at radius 1 is 0.900 bits per heavy atom. The number of methoxy groups -OCH3 is 2. The van der Waals surface area contributed by atoms with Crippen molar-refractivity contribution >= 4 is 11.8 Å². The van der Waals surface area contributed by atoms with Gasteiger partial charge in [-0.15, -0.1) is 0 Å². The lowest BCUT2D eigenvalue weighted by atomic mass is 10.0. The smallest absolute Gasteiger partial charge is 0.256 e. The molecule has 1 heterocycles. The van der Waals surface area contributed by atoms with Crippen LogP contribution in [0.5, 0.6) is 11.5 Å². The minimum absolute atomic E-state index is 0.0489. The minimum Gasteiger partial charge on any atom is -0.497 e. The molecular weight excluding hydrogens is 394 g/mol. The molecule has 1 aliphatic heterocycles. The van der Waals surface area contributed by atoms with E-state index in [0.29, 0.717) is 5.75 Å². The number of rotatable bonds is 4. The molecule has 2 amide bonds. The summed E-state index contributed by atoms with van der Waals surface area (Å²) in [5, 5.41) is 0. The monoisotopic (exact) mass is 418 g/mol. The summed E-state index contributed by atoms with van der Waals surface area (Å²) in [5.74, 6) is -1.67. The van der Waals surface area contributed by atoms with Crippen molar-refractivity contribution in [1.29, 1.82) is 0 Å². The molecule has 6 nitrogen and oxygen atoms in total. The normalized spacial score (nSPS) is 18.9. The van der Waals surface area contributed by atoms with Gasteiger partial charge in [-0.3, -0.25) is 9.59 Å². The number of amides is 2. The van der Waals surface area contributed by atoms with Gasteiger partial charge in [0.25, 0.3) is 11.8 Å². The van der Waals surface area contributed by atoms with Crippen LogP contribution in [0.3, 0.4) is 0 Å². The molecule has 0 aliphatic carbocycles. The fourth-order valence-electron chi connectivity index (χ4n) is 3.80. The van der Waals surface area contributed by atoms with E-state index in [1.165, 1.54) is 43.4 Å². The maximum absolute atomic E-state index is 14.3. The molecule has 1 aliphatic rings. The molecule has 2 aromatic carbocycles. The minimum atomic E-state index is -0.660. The Labute approximate surface area is 174 Å². The molecule has 0 radical (unpaired) electrons. The molecule has 0 N–H and O–H groups in total. The van der Waals surface area contributed by atoms with E-state index in [4.69, 9.17) is 9.47 Å². The Morgan fingerprint density at radius 3 is 2.10 bits per heavy atom. The first kappa shape index (κ1) is 21.5. The number of nitrogens with zero attached hydrogens (tertiary/aromatic N) is 2. The fourth-order valence-corrected chi connectivity index (χ4v) is 3.80. The third kappa shape index (κ3) is 4.08. The van der Waals surface area contributed by atoms with Crippen molar-refractivity contribution in [2.45, 2.75) is 25.9 Å². The largest absolute Gasteiger partial charge is 0.497 e. The predicted molar refractivity (Wildman–Crippen MR) is 107 cm³/mol. The summed E-state index contributed by atoms with van der Waals surface area (Å²) in [6, 6.07) is 7.47. The molecule has 1 saturated heterocycles. The highest BCUT2D eigenvalue weighted by atomic mass is 19.1. The van der Waals surface area contributed by atoms with Gasteiger partial charge in [-0.25, -0.2) is 8.78 Å². The summed E-state index contributed by atoms with van der Waals surface area (Å²) < 4.78 is 38.2. The van der Waals surface area contributed by atoms with Crippen LogP contribution >= 0.6 is 0 Å². The van der Waals surface area contributed by atoms with Crippen molar-refractivity contribution in [1.82, 2.24) is 9.80 Å². The number of piperazine rings is 1. The van der Waals surface area contributed by atoms with E-state index in [1.807, 2.05) is 0 Å². The summed E-state index contributed by atoms with van der Waals surface area (Å²) in [7, 11) is 2.77. The number of halogens is 2. The van der Waals surface area contributed by atoms with Gasteiger partial charge in [0.05, 0.1) is 19.8 Å². The zero-order chi connectivity index (χ0) is 22.0. The van der Waals surface area contributed by atoms with Crippen molar-refractivity contribution in [3.63, 3.8) is 0 Å². The Balaban J connectivity index is 1.77. The molecule has 1 fully saturated rings. The number of hydrogen-bond donors (Lipinski definition) is 0. The zero-order valence-electron chi connectivity index (χ0n) is 17.3. The highest BCUT2D eigenvalue weighted by Crippen LogP contribution is 2.25. The van der Waals surface area contributed by atoms with E-state index in [2.05, 4.69) is 0 Å². The van der Waals surface area contributed by atoms with Crippen molar-refractivity contribution < 1.29 is 27.8 Å².